The molecule has 0 aromatic carbocycles. The third kappa shape index (κ3) is 4.56. The van der Waals surface area contributed by atoms with Crippen LogP contribution >= 0.6 is 0 Å². The number of rotatable bonds is 13. The lowest BCUT2D eigenvalue weighted by atomic mass is 9.70. The molecule has 0 aromatic rings. The number of aliphatic hydroxyl groups excluding tert-OH is 1. The van der Waals surface area contributed by atoms with Crippen LogP contribution in [0.25, 0.3) is 0 Å². The molecule has 1 spiro atoms. The largest absolute Gasteiger partial charge is 0.466 e. The second-order valence-corrected chi connectivity index (χ2v) is 9.54. The summed E-state index contributed by atoms with van der Waals surface area (Å²) in [5.41, 5.74) is -0.988. The molecule has 3 rings (SSSR count). The number of carbonyl (C=O) groups excluding carboxylic acids is 3. The Hall–Kier alpha value is -1.93. The van der Waals surface area contributed by atoms with Gasteiger partial charge >= 0.3 is 5.97 Å². The Morgan fingerprint density at radius 3 is 2.76 bits per heavy atom. The van der Waals surface area contributed by atoms with E-state index >= 15 is 0 Å². The number of hydrogen-bond acceptors (Lipinski definition) is 6. The van der Waals surface area contributed by atoms with Crippen molar-refractivity contribution in [3.8, 4) is 0 Å². The molecule has 6 atom stereocenters. The van der Waals surface area contributed by atoms with Crippen molar-refractivity contribution in [3.63, 3.8) is 0 Å². The zero-order valence-corrected chi connectivity index (χ0v) is 20.3. The van der Waals surface area contributed by atoms with E-state index in [1.165, 1.54) is 0 Å². The number of nitrogens with zero attached hydrogens (tertiary/aromatic N) is 2. The quantitative estimate of drug-likeness (QED) is 0.255. The SMILES string of the molecule is C=CCN(C(=O)[C@@H]1N(CCCCCO)C(=O)[C@H]2[C@H](C(=O)OCC)[C@@H]3CC[C@]12O3)C(C)CCC. The molecule has 0 aliphatic carbocycles. The summed E-state index contributed by atoms with van der Waals surface area (Å²) < 4.78 is 11.7. The van der Waals surface area contributed by atoms with E-state index in [1.807, 2.05) is 6.92 Å². The first-order chi connectivity index (χ1) is 15.9. The summed E-state index contributed by atoms with van der Waals surface area (Å²) in [6.45, 7) is 10.8. The minimum absolute atomic E-state index is 0.00162. The third-order valence-corrected chi connectivity index (χ3v) is 7.50. The predicted octanol–water partition coefficient (Wildman–Crippen LogP) is 2.29. The van der Waals surface area contributed by atoms with Gasteiger partial charge in [-0.1, -0.05) is 19.4 Å². The van der Waals surface area contributed by atoms with Gasteiger partial charge in [0.1, 0.15) is 11.6 Å². The van der Waals surface area contributed by atoms with Gasteiger partial charge in [0.2, 0.25) is 11.8 Å². The molecule has 3 heterocycles. The fourth-order valence-corrected chi connectivity index (χ4v) is 6.11. The van der Waals surface area contributed by atoms with E-state index in [0.717, 1.165) is 19.3 Å². The molecule has 186 valence electrons. The lowest BCUT2D eigenvalue weighted by molar-refractivity contribution is -0.155. The standard InChI is InChI=1S/C25H40N2O6/c1-5-11-17(4)26(14-6-2)23(30)21-25-13-12-18(33-25)19(24(31)32-7-3)20(25)22(29)27(21)15-9-8-10-16-28/h6,17-21,28H,2,5,7-16H2,1,3-4H3/t17?,18-,19+,20+,21-,25+/m0/s1. The topological polar surface area (TPSA) is 96.4 Å². The molecule has 3 saturated heterocycles. The van der Waals surface area contributed by atoms with Gasteiger partial charge in [-0.05, 0) is 52.4 Å². The van der Waals surface area contributed by atoms with Crippen molar-refractivity contribution >= 4 is 17.8 Å². The van der Waals surface area contributed by atoms with E-state index in [4.69, 9.17) is 14.6 Å². The van der Waals surface area contributed by atoms with Gasteiger partial charge in [-0.15, -0.1) is 6.58 Å². The second kappa shape index (κ2) is 11.0. The van der Waals surface area contributed by atoms with Crippen molar-refractivity contribution in [1.29, 1.82) is 0 Å². The van der Waals surface area contributed by atoms with Gasteiger partial charge in [0, 0.05) is 25.7 Å². The van der Waals surface area contributed by atoms with Crippen LogP contribution in [-0.4, -0.2) is 82.8 Å². The highest BCUT2D eigenvalue weighted by Gasteiger charge is 2.75. The summed E-state index contributed by atoms with van der Waals surface area (Å²) in [5.74, 6) is -2.06. The summed E-state index contributed by atoms with van der Waals surface area (Å²) in [7, 11) is 0. The fraction of sp³-hybridized carbons (Fsp3) is 0.800. The Labute approximate surface area is 197 Å². The van der Waals surface area contributed by atoms with E-state index in [-0.39, 0.29) is 37.2 Å². The lowest BCUT2D eigenvalue weighted by Crippen LogP contribution is -2.57. The van der Waals surface area contributed by atoms with Crippen molar-refractivity contribution in [2.24, 2.45) is 11.8 Å². The highest BCUT2D eigenvalue weighted by Crippen LogP contribution is 2.58. The Morgan fingerprint density at radius 2 is 2.12 bits per heavy atom. The molecule has 2 amide bonds. The number of ether oxygens (including phenoxy) is 2. The third-order valence-electron chi connectivity index (χ3n) is 7.50. The zero-order chi connectivity index (χ0) is 24.2. The van der Waals surface area contributed by atoms with Crippen molar-refractivity contribution in [3.05, 3.63) is 12.7 Å². The van der Waals surface area contributed by atoms with Crippen LogP contribution in [0.3, 0.4) is 0 Å². The van der Waals surface area contributed by atoms with E-state index in [1.54, 1.807) is 22.8 Å². The van der Waals surface area contributed by atoms with Crippen molar-refractivity contribution in [1.82, 2.24) is 9.80 Å². The summed E-state index contributed by atoms with van der Waals surface area (Å²) in [6, 6.07) is -0.755. The molecule has 8 nitrogen and oxygen atoms in total. The van der Waals surface area contributed by atoms with E-state index in [0.29, 0.717) is 38.8 Å². The predicted molar refractivity (Wildman–Crippen MR) is 123 cm³/mol. The van der Waals surface area contributed by atoms with Crippen LogP contribution < -0.4 is 0 Å². The Morgan fingerprint density at radius 1 is 1.36 bits per heavy atom. The van der Waals surface area contributed by atoms with Crippen molar-refractivity contribution < 1.29 is 29.0 Å². The van der Waals surface area contributed by atoms with Crippen molar-refractivity contribution in [2.45, 2.75) is 89.5 Å². The highest BCUT2D eigenvalue weighted by molar-refractivity contribution is 5.98. The average Bonchev–Trinajstić information content (AvgIpc) is 3.42. The average molecular weight is 465 g/mol. The Bertz CT molecular complexity index is 742. The van der Waals surface area contributed by atoms with Gasteiger partial charge in [-0.25, -0.2) is 0 Å². The Balaban J connectivity index is 1.97. The molecule has 0 saturated carbocycles. The number of hydrogen-bond donors (Lipinski definition) is 1. The summed E-state index contributed by atoms with van der Waals surface area (Å²) in [4.78, 5) is 44.1. The molecule has 8 heteroatoms. The molecule has 0 aromatic heterocycles. The molecular weight excluding hydrogens is 424 g/mol. The second-order valence-electron chi connectivity index (χ2n) is 9.54. The summed E-state index contributed by atoms with van der Waals surface area (Å²) in [6.07, 6.45) is 6.43. The van der Waals surface area contributed by atoms with E-state index in [2.05, 4.69) is 13.5 Å². The smallest absolute Gasteiger partial charge is 0.312 e. The molecule has 3 aliphatic rings. The maximum absolute atomic E-state index is 14.1. The van der Waals surface area contributed by atoms with Crippen LogP contribution in [-0.2, 0) is 23.9 Å². The monoisotopic (exact) mass is 464 g/mol. The number of likely N-dealkylation sites (tertiary alicyclic amines) is 1. The minimum atomic E-state index is -0.988. The molecule has 33 heavy (non-hydrogen) atoms. The first-order valence-electron chi connectivity index (χ1n) is 12.5. The molecule has 1 unspecified atom stereocenters. The van der Waals surface area contributed by atoms with Gasteiger partial charge in [0.15, 0.2) is 0 Å². The molecule has 0 radical (unpaired) electrons. The van der Waals surface area contributed by atoms with Crippen LogP contribution in [0.5, 0.6) is 0 Å². The number of aliphatic hydroxyl groups is 1. The van der Waals surface area contributed by atoms with Gasteiger partial charge in [0.05, 0.1) is 24.5 Å². The number of unbranched alkanes of at least 4 members (excludes halogenated alkanes) is 2. The molecule has 1 N–H and O–H groups in total. The lowest BCUT2D eigenvalue weighted by Gasteiger charge is -2.39. The van der Waals surface area contributed by atoms with Gasteiger partial charge in [-0.3, -0.25) is 14.4 Å². The fourth-order valence-electron chi connectivity index (χ4n) is 6.11. The Kier molecular flexibility index (Phi) is 8.56. The van der Waals surface area contributed by atoms with Crippen LogP contribution in [0, 0.1) is 11.8 Å². The molecule has 3 fully saturated rings. The van der Waals surface area contributed by atoms with Gasteiger partial charge in [-0.2, -0.15) is 0 Å². The number of fused-ring (bicyclic) bond motifs is 1. The first kappa shape index (κ1) is 25.7. The van der Waals surface area contributed by atoms with Crippen LogP contribution in [0.15, 0.2) is 12.7 Å². The zero-order valence-electron chi connectivity index (χ0n) is 20.3. The van der Waals surface area contributed by atoms with Gasteiger partial charge in [0.25, 0.3) is 0 Å². The van der Waals surface area contributed by atoms with E-state index < -0.39 is 29.4 Å². The normalized spacial score (nSPS) is 30.9. The highest BCUT2D eigenvalue weighted by atomic mass is 16.6. The van der Waals surface area contributed by atoms with E-state index in [9.17, 15) is 14.4 Å². The van der Waals surface area contributed by atoms with Crippen LogP contribution in [0.4, 0.5) is 0 Å². The molecule has 2 bridgehead atoms. The van der Waals surface area contributed by atoms with Crippen LogP contribution in [0.2, 0.25) is 0 Å². The summed E-state index contributed by atoms with van der Waals surface area (Å²) in [5, 5.41) is 9.13. The maximum atomic E-state index is 14.1. The van der Waals surface area contributed by atoms with Gasteiger partial charge < -0.3 is 24.4 Å². The molecular formula is C25H40N2O6. The number of amides is 2. The summed E-state index contributed by atoms with van der Waals surface area (Å²) >= 11 is 0. The minimum Gasteiger partial charge on any atom is -0.466 e. The van der Waals surface area contributed by atoms with Crippen LogP contribution in [0.1, 0.15) is 65.7 Å². The number of esters is 1. The molecule has 3 aliphatic heterocycles. The first-order valence-corrected chi connectivity index (χ1v) is 12.5. The maximum Gasteiger partial charge on any atom is 0.312 e. The van der Waals surface area contributed by atoms with Crippen molar-refractivity contribution in [2.75, 3.05) is 26.3 Å². The number of carbonyl (C=O) groups is 3.